The molecular formula is C26H18F3N3O3. The van der Waals surface area contributed by atoms with Crippen molar-refractivity contribution in [3.8, 4) is 5.75 Å². The Bertz CT molecular complexity index is 1510. The smallest absolute Gasteiger partial charge is 0.416 e. The average Bonchev–Trinajstić information content (AvgIpc) is 3.32. The van der Waals surface area contributed by atoms with Crippen molar-refractivity contribution in [1.82, 2.24) is 9.88 Å². The minimum absolute atomic E-state index is 0.00464. The Hall–Kier alpha value is -4.27. The summed E-state index contributed by atoms with van der Waals surface area (Å²) in [4.78, 5) is 32.8. The van der Waals surface area contributed by atoms with E-state index in [4.69, 9.17) is 0 Å². The number of H-pyrrole nitrogens is 1. The van der Waals surface area contributed by atoms with Gasteiger partial charge in [-0.2, -0.15) is 13.2 Å². The van der Waals surface area contributed by atoms with Gasteiger partial charge in [-0.3, -0.25) is 9.69 Å². The number of aromatic amines is 1. The van der Waals surface area contributed by atoms with Crippen molar-refractivity contribution in [3.63, 3.8) is 0 Å². The molecule has 6 rings (SSSR count). The van der Waals surface area contributed by atoms with E-state index in [1.54, 1.807) is 12.1 Å². The lowest BCUT2D eigenvalue weighted by molar-refractivity contribution is -0.137. The van der Waals surface area contributed by atoms with Gasteiger partial charge < -0.3 is 10.1 Å². The fourth-order valence-corrected chi connectivity index (χ4v) is 5.17. The summed E-state index contributed by atoms with van der Waals surface area (Å²) in [5.74, 6) is -0.592. The highest BCUT2D eigenvalue weighted by Crippen LogP contribution is 2.45. The fraction of sp³-hybridized carbons (Fsp3) is 0.154. The lowest BCUT2D eigenvalue weighted by Crippen LogP contribution is -2.44. The number of benzene rings is 3. The Labute approximate surface area is 197 Å². The van der Waals surface area contributed by atoms with E-state index in [0.717, 1.165) is 33.5 Å². The third kappa shape index (κ3) is 3.18. The van der Waals surface area contributed by atoms with Gasteiger partial charge in [0, 0.05) is 23.0 Å². The van der Waals surface area contributed by atoms with Crippen molar-refractivity contribution < 1.29 is 27.9 Å². The number of halogens is 3. The molecule has 1 aromatic heterocycles. The van der Waals surface area contributed by atoms with Gasteiger partial charge in [0.1, 0.15) is 17.8 Å². The summed E-state index contributed by atoms with van der Waals surface area (Å²) in [6.45, 7) is 0. The van der Waals surface area contributed by atoms with E-state index >= 15 is 0 Å². The van der Waals surface area contributed by atoms with E-state index in [-0.39, 0.29) is 17.9 Å². The number of para-hydroxylation sites is 1. The van der Waals surface area contributed by atoms with Crippen molar-refractivity contribution in [1.29, 1.82) is 0 Å². The molecule has 0 spiro atoms. The molecule has 1 saturated heterocycles. The molecule has 2 aliphatic rings. The maximum atomic E-state index is 13.7. The molecule has 0 aliphatic carbocycles. The number of imide groups is 1. The second kappa shape index (κ2) is 7.36. The highest BCUT2D eigenvalue weighted by atomic mass is 19.4. The van der Waals surface area contributed by atoms with Crippen molar-refractivity contribution in [3.05, 3.63) is 95.2 Å². The van der Waals surface area contributed by atoms with E-state index in [9.17, 15) is 27.9 Å². The third-order valence-corrected chi connectivity index (χ3v) is 6.67. The SMILES string of the molecule is O=C1[C@@H]2Cc3c([nH]c4ccccc34)[C@@H](c3cccc(O)c3)N2C(=O)N1c1cccc(C(F)(F)F)c1. The number of phenols is 1. The number of rotatable bonds is 2. The molecule has 0 saturated carbocycles. The van der Waals surface area contributed by atoms with Gasteiger partial charge in [-0.05, 0) is 47.5 Å². The molecule has 0 radical (unpaired) electrons. The summed E-state index contributed by atoms with van der Waals surface area (Å²) in [5, 5.41) is 11.0. The molecule has 176 valence electrons. The monoisotopic (exact) mass is 477 g/mol. The van der Waals surface area contributed by atoms with Crippen LogP contribution in [0.1, 0.15) is 28.4 Å². The maximum absolute atomic E-state index is 13.7. The van der Waals surface area contributed by atoms with E-state index in [1.807, 2.05) is 24.3 Å². The van der Waals surface area contributed by atoms with E-state index < -0.39 is 35.8 Å². The minimum atomic E-state index is -4.62. The molecule has 6 nitrogen and oxygen atoms in total. The Kier molecular flexibility index (Phi) is 4.48. The number of carbonyl (C=O) groups excluding carboxylic acids is 2. The average molecular weight is 477 g/mol. The van der Waals surface area contributed by atoms with Gasteiger partial charge in [0.15, 0.2) is 0 Å². The number of nitrogens with one attached hydrogen (secondary N) is 1. The topological polar surface area (TPSA) is 76.6 Å². The fourth-order valence-electron chi connectivity index (χ4n) is 5.17. The van der Waals surface area contributed by atoms with Gasteiger partial charge >= 0.3 is 12.2 Å². The van der Waals surface area contributed by atoms with Crippen molar-refractivity contribution in [2.45, 2.75) is 24.7 Å². The summed E-state index contributed by atoms with van der Waals surface area (Å²) >= 11 is 0. The minimum Gasteiger partial charge on any atom is -0.508 e. The standard InChI is InChI=1S/C26H18F3N3O3/c27-26(28,29)15-6-4-7-16(12-15)31-24(34)21-13-19-18-9-1-2-10-20(18)30-22(19)23(32(21)25(31)35)14-5-3-8-17(33)11-14/h1-12,21,23,30,33H,13H2/t21-,23+/m0/s1. The number of carbonyl (C=O) groups is 2. The van der Waals surface area contributed by atoms with Crippen LogP contribution in [0.3, 0.4) is 0 Å². The summed E-state index contributed by atoms with van der Waals surface area (Å²) in [6, 6.07) is 15.8. The third-order valence-electron chi connectivity index (χ3n) is 6.67. The van der Waals surface area contributed by atoms with Gasteiger partial charge in [-0.15, -0.1) is 0 Å². The molecule has 2 atom stereocenters. The number of nitrogens with zero attached hydrogens (tertiary/aromatic N) is 2. The molecule has 9 heteroatoms. The number of hydrogen-bond donors (Lipinski definition) is 2. The predicted octanol–water partition coefficient (Wildman–Crippen LogP) is 5.38. The predicted molar refractivity (Wildman–Crippen MR) is 122 cm³/mol. The van der Waals surface area contributed by atoms with Crippen LogP contribution in [0.15, 0.2) is 72.8 Å². The Morgan fingerprint density at radius 1 is 0.943 bits per heavy atom. The van der Waals surface area contributed by atoms with Crippen LogP contribution in [0.25, 0.3) is 10.9 Å². The molecule has 35 heavy (non-hydrogen) atoms. The van der Waals surface area contributed by atoms with Crippen LogP contribution in [0.2, 0.25) is 0 Å². The number of alkyl halides is 3. The molecule has 2 aliphatic heterocycles. The Balaban J connectivity index is 1.52. The molecule has 0 unspecified atom stereocenters. The highest BCUT2D eigenvalue weighted by Gasteiger charge is 2.53. The Morgan fingerprint density at radius 3 is 2.49 bits per heavy atom. The van der Waals surface area contributed by atoms with E-state index in [2.05, 4.69) is 4.98 Å². The first kappa shape index (κ1) is 21.3. The lowest BCUT2D eigenvalue weighted by atomic mass is 9.89. The largest absolute Gasteiger partial charge is 0.508 e. The van der Waals surface area contributed by atoms with E-state index in [0.29, 0.717) is 11.3 Å². The highest BCUT2D eigenvalue weighted by molar-refractivity contribution is 6.22. The van der Waals surface area contributed by atoms with E-state index in [1.165, 1.54) is 29.2 Å². The number of aromatic nitrogens is 1. The van der Waals surface area contributed by atoms with Gasteiger partial charge in [0.05, 0.1) is 11.3 Å². The quantitative estimate of drug-likeness (QED) is 0.381. The molecule has 3 amide bonds. The van der Waals surface area contributed by atoms with Crippen molar-refractivity contribution in [2.75, 3.05) is 4.90 Å². The second-order valence-electron chi connectivity index (χ2n) is 8.69. The first-order chi connectivity index (χ1) is 16.7. The maximum Gasteiger partial charge on any atom is 0.416 e. The van der Waals surface area contributed by atoms with Crippen molar-refractivity contribution >= 4 is 28.5 Å². The molecule has 2 N–H and O–H groups in total. The van der Waals surface area contributed by atoms with Crippen LogP contribution < -0.4 is 4.90 Å². The number of anilines is 1. The van der Waals surface area contributed by atoms with Gasteiger partial charge in [0.2, 0.25) is 0 Å². The number of phenolic OH excluding ortho intramolecular Hbond substituents is 1. The van der Waals surface area contributed by atoms with Gasteiger partial charge in [0.25, 0.3) is 5.91 Å². The number of fused-ring (bicyclic) bond motifs is 4. The van der Waals surface area contributed by atoms with Crippen LogP contribution >= 0.6 is 0 Å². The first-order valence-corrected chi connectivity index (χ1v) is 11.0. The zero-order valence-corrected chi connectivity index (χ0v) is 18.1. The first-order valence-electron chi connectivity index (χ1n) is 11.0. The van der Waals surface area contributed by atoms with Crippen LogP contribution in [-0.4, -0.2) is 33.0 Å². The Morgan fingerprint density at radius 2 is 1.71 bits per heavy atom. The molecule has 4 aromatic rings. The zero-order valence-electron chi connectivity index (χ0n) is 18.1. The van der Waals surface area contributed by atoms with Gasteiger partial charge in [-0.1, -0.05) is 36.4 Å². The molecule has 1 fully saturated rings. The second-order valence-corrected chi connectivity index (χ2v) is 8.69. The van der Waals surface area contributed by atoms with Crippen LogP contribution in [-0.2, 0) is 17.4 Å². The number of urea groups is 1. The van der Waals surface area contributed by atoms with Crippen LogP contribution in [0.5, 0.6) is 5.75 Å². The number of aromatic hydroxyl groups is 1. The summed E-state index contributed by atoms with van der Waals surface area (Å²) in [5.41, 5.74) is 1.92. The summed E-state index contributed by atoms with van der Waals surface area (Å²) < 4.78 is 40.0. The van der Waals surface area contributed by atoms with Gasteiger partial charge in [-0.25, -0.2) is 9.69 Å². The van der Waals surface area contributed by atoms with Crippen molar-refractivity contribution in [2.24, 2.45) is 0 Å². The molecule has 0 bridgehead atoms. The molecule has 3 aromatic carbocycles. The molecular weight excluding hydrogens is 459 g/mol. The summed E-state index contributed by atoms with van der Waals surface area (Å²) in [6.07, 6.45) is -4.40. The van der Waals surface area contributed by atoms with Crippen LogP contribution in [0.4, 0.5) is 23.7 Å². The van der Waals surface area contributed by atoms with Crippen LogP contribution in [0, 0.1) is 0 Å². The number of hydrogen-bond acceptors (Lipinski definition) is 3. The zero-order chi connectivity index (χ0) is 24.5. The molecule has 3 heterocycles. The summed E-state index contributed by atoms with van der Waals surface area (Å²) in [7, 11) is 0. The normalized spacial score (nSPS) is 19.9. The lowest BCUT2D eigenvalue weighted by Gasteiger charge is -2.36. The number of amides is 3.